The second-order valence-electron chi connectivity index (χ2n) is 0.513. The predicted octanol–water partition coefficient (Wildman–Crippen LogP) is -1.53. The van der Waals surface area contributed by atoms with Crippen LogP contribution in [0.3, 0.4) is 0 Å². The maximum atomic E-state index is 8.94. The summed E-state index contributed by atoms with van der Waals surface area (Å²) in [7, 11) is 0. The average Bonchev–Trinajstić information content (AvgIpc) is 0.722. The number of hydrogen-bond donors (Lipinski definition) is 3. The summed E-state index contributed by atoms with van der Waals surface area (Å²) in [5, 5.41) is 0. The fraction of sp³-hybridized carbons (Fsp3) is 1.00. The van der Waals surface area contributed by atoms with Gasteiger partial charge in [-0.1, -0.05) is 7.43 Å². The standard InChI is InChI=1S/CH4.AsH3O4/c;2-1(3,4)5/h1H4;(H3,2,3,4,5). The Morgan fingerprint density at radius 3 is 1.17 bits per heavy atom. The molecule has 4 nitrogen and oxygen atoms in total. The van der Waals surface area contributed by atoms with Gasteiger partial charge in [0.25, 0.3) is 0 Å². The van der Waals surface area contributed by atoms with Crippen LogP contribution in [0.4, 0.5) is 0 Å². The van der Waals surface area contributed by atoms with Gasteiger partial charge >= 0.3 is 30.5 Å². The molecule has 0 aromatic carbocycles. The van der Waals surface area contributed by atoms with E-state index in [1.54, 1.807) is 0 Å². The van der Waals surface area contributed by atoms with Gasteiger partial charge in [-0.25, -0.2) is 0 Å². The maximum absolute atomic E-state index is 8.94. The van der Waals surface area contributed by atoms with E-state index in [1.807, 2.05) is 0 Å². The van der Waals surface area contributed by atoms with Crippen molar-refractivity contribution in [2.45, 2.75) is 7.43 Å². The second kappa shape index (κ2) is 2.42. The molecular formula is CH7AsO4. The van der Waals surface area contributed by atoms with Crippen LogP contribution in [0.2, 0.25) is 0 Å². The number of rotatable bonds is 0. The molecule has 0 rings (SSSR count). The monoisotopic (exact) mass is 158 g/mol. The predicted molar refractivity (Wildman–Crippen MR) is 19.8 cm³/mol. The summed E-state index contributed by atoms with van der Waals surface area (Å²) in [6, 6.07) is 0. The Morgan fingerprint density at radius 1 is 1.17 bits per heavy atom. The molecule has 0 heterocycles. The Hall–Kier alpha value is 0.238. The van der Waals surface area contributed by atoms with Gasteiger partial charge in [-0.3, -0.25) is 0 Å². The van der Waals surface area contributed by atoms with Gasteiger partial charge < -0.3 is 0 Å². The van der Waals surface area contributed by atoms with E-state index in [9.17, 15) is 0 Å². The summed E-state index contributed by atoms with van der Waals surface area (Å²) in [5.74, 6) is 0. The van der Waals surface area contributed by atoms with Crippen LogP contribution in [0.1, 0.15) is 7.43 Å². The van der Waals surface area contributed by atoms with Crippen LogP contribution in [0, 0.1) is 0 Å². The van der Waals surface area contributed by atoms with E-state index >= 15 is 0 Å². The summed E-state index contributed by atoms with van der Waals surface area (Å²) in [4.78, 5) is 0. The number of hydrogen-bond acceptors (Lipinski definition) is 1. The first-order valence-electron chi connectivity index (χ1n) is 0.783. The Bertz CT molecular complexity index is 53.7. The fourth-order valence-corrected chi connectivity index (χ4v) is 0. The fourth-order valence-electron chi connectivity index (χ4n) is 0. The third-order valence-electron chi connectivity index (χ3n) is 0. The van der Waals surface area contributed by atoms with Crippen molar-refractivity contribution in [3.05, 3.63) is 0 Å². The zero-order valence-electron chi connectivity index (χ0n) is 2.20. The van der Waals surface area contributed by atoms with Gasteiger partial charge in [0.1, 0.15) is 0 Å². The molecule has 0 fully saturated rings. The van der Waals surface area contributed by atoms with Crippen LogP contribution < -0.4 is 0 Å². The molecule has 0 amide bonds. The quantitative estimate of drug-likeness (QED) is 0.373. The van der Waals surface area contributed by atoms with Gasteiger partial charge in [-0.15, -0.1) is 0 Å². The Balaban J connectivity index is 0. The van der Waals surface area contributed by atoms with Crippen LogP contribution in [-0.2, 0) is 3.74 Å². The van der Waals surface area contributed by atoms with E-state index in [0.717, 1.165) is 0 Å². The molecule has 0 saturated heterocycles. The Morgan fingerprint density at radius 2 is 1.17 bits per heavy atom. The molecular weight excluding hydrogens is 151 g/mol. The normalized spacial score (nSPS) is 9.83. The summed E-state index contributed by atoms with van der Waals surface area (Å²) < 4.78 is 30.7. The van der Waals surface area contributed by atoms with Gasteiger partial charge in [0.15, 0.2) is 0 Å². The Labute approximate surface area is 38.8 Å². The van der Waals surface area contributed by atoms with Crippen molar-refractivity contribution >= 4 is 14.5 Å². The van der Waals surface area contributed by atoms with E-state index in [4.69, 9.17) is 16.0 Å². The Kier molecular flexibility index (Phi) is 3.84. The van der Waals surface area contributed by atoms with Gasteiger partial charge in [0.05, 0.1) is 0 Å². The minimum absolute atomic E-state index is 0. The van der Waals surface area contributed by atoms with Crippen molar-refractivity contribution in [2.24, 2.45) is 0 Å². The molecule has 0 bridgehead atoms. The van der Waals surface area contributed by atoms with Crippen LogP contribution in [0.15, 0.2) is 0 Å². The third kappa shape index (κ3) is 782. The van der Waals surface area contributed by atoms with Crippen molar-refractivity contribution in [3.63, 3.8) is 0 Å². The molecule has 6 heavy (non-hydrogen) atoms. The van der Waals surface area contributed by atoms with E-state index in [-0.39, 0.29) is 7.43 Å². The van der Waals surface area contributed by atoms with Crippen LogP contribution in [-0.4, -0.2) is 26.8 Å². The molecule has 0 saturated carbocycles. The van der Waals surface area contributed by atoms with Crippen molar-refractivity contribution in [2.75, 3.05) is 0 Å². The molecule has 0 aromatic heterocycles. The second-order valence-corrected chi connectivity index (χ2v) is 2.67. The summed E-state index contributed by atoms with van der Waals surface area (Å²) in [6.45, 7) is 0. The summed E-state index contributed by atoms with van der Waals surface area (Å²) in [5.41, 5.74) is 0. The molecule has 5 heteroatoms. The van der Waals surface area contributed by atoms with E-state index in [1.165, 1.54) is 0 Å². The first kappa shape index (κ1) is 9.53. The van der Waals surface area contributed by atoms with Crippen molar-refractivity contribution in [1.82, 2.24) is 0 Å². The molecule has 0 spiro atoms. The summed E-state index contributed by atoms with van der Waals surface area (Å²) in [6.07, 6.45) is 0. The molecule has 0 unspecified atom stereocenters. The first-order valence-corrected chi connectivity index (χ1v) is 4.07. The van der Waals surface area contributed by atoms with Crippen molar-refractivity contribution in [1.29, 1.82) is 0 Å². The van der Waals surface area contributed by atoms with Gasteiger partial charge in [0.2, 0.25) is 0 Å². The zero-order valence-corrected chi connectivity index (χ0v) is 4.07. The molecule has 3 N–H and O–H groups in total. The van der Waals surface area contributed by atoms with Crippen LogP contribution in [0.5, 0.6) is 0 Å². The molecule has 40 valence electrons. The molecule has 0 aromatic rings. The van der Waals surface area contributed by atoms with Gasteiger partial charge in [-0.05, 0) is 0 Å². The topological polar surface area (TPSA) is 77.8 Å². The SMILES string of the molecule is C.O=[As](O)(O)O. The van der Waals surface area contributed by atoms with Gasteiger partial charge in [-0.2, -0.15) is 0 Å². The van der Waals surface area contributed by atoms with E-state index in [2.05, 4.69) is 0 Å². The minimum atomic E-state index is -5.12. The third-order valence-corrected chi connectivity index (χ3v) is 0. The van der Waals surface area contributed by atoms with Crippen LogP contribution in [0.25, 0.3) is 0 Å². The molecule has 0 aliphatic rings. The zero-order chi connectivity index (χ0) is 4.50. The molecule has 0 aliphatic heterocycles. The first-order chi connectivity index (χ1) is 2.00. The average molecular weight is 158 g/mol. The van der Waals surface area contributed by atoms with E-state index in [0.29, 0.717) is 0 Å². The van der Waals surface area contributed by atoms with Crippen molar-refractivity contribution in [3.8, 4) is 0 Å². The van der Waals surface area contributed by atoms with Gasteiger partial charge in [0, 0.05) is 0 Å². The summed E-state index contributed by atoms with van der Waals surface area (Å²) >= 11 is -5.12. The molecule has 0 radical (unpaired) electrons. The molecule has 0 atom stereocenters. The van der Waals surface area contributed by atoms with Crippen molar-refractivity contribution < 1.29 is 16.0 Å². The molecule has 0 aliphatic carbocycles. The van der Waals surface area contributed by atoms with Crippen LogP contribution >= 0.6 is 0 Å². The van der Waals surface area contributed by atoms with E-state index < -0.39 is 14.5 Å².